The van der Waals surface area contributed by atoms with Gasteiger partial charge in [-0.05, 0) is 46.3 Å². The molecule has 0 unspecified atom stereocenters. The van der Waals surface area contributed by atoms with E-state index in [1.807, 2.05) is 0 Å². The highest BCUT2D eigenvalue weighted by atomic mass is 15.2. The fourth-order valence-corrected chi connectivity index (χ4v) is 3.60. The molecule has 2 rings (SSSR count). The van der Waals surface area contributed by atoms with E-state index in [1.165, 1.54) is 48.8 Å². The summed E-state index contributed by atoms with van der Waals surface area (Å²) in [4.78, 5) is 2.45. The molecule has 1 aromatic rings. The van der Waals surface area contributed by atoms with E-state index < -0.39 is 0 Å². The number of rotatable bonds is 5. The first-order chi connectivity index (χ1) is 9.52. The second-order valence-electron chi connectivity index (χ2n) is 6.78. The van der Waals surface area contributed by atoms with Crippen LogP contribution in [0.25, 0.3) is 0 Å². The van der Waals surface area contributed by atoms with Crippen molar-refractivity contribution in [2.24, 2.45) is 0 Å². The van der Waals surface area contributed by atoms with E-state index in [0.717, 1.165) is 13.1 Å². The Balaban J connectivity index is 1.93. The Morgan fingerprint density at radius 3 is 2.15 bits per heavy atom. The minimum atomic E-state index is 0.372. The van der Waals surface area contributed by atoms with Gasteiger partial charge in [-0.1, -0.05) is 48.6 Å². The molecular weight excluding hydrogens is 244 g/mol. The van der Waals surface area contributed by atoms with Crippen molar-refractivity contribution in [2.45, 2.75) is 58.0 Å². The Kier molecular flexibility index (Phi) is 5.22. The van der Waals surface area contributed by atoms with E-state index in [-0.39, 0.29) is 0 Å². The number of hydrogen-bond acceptors (Lipinski definition) is 2. The molecule has 20 heavy (non-hydrogen) atoms. The van der Waals surface area contributed by atoms with Crippen molar-refractivity contribution in [3.8, 4) is 0 Å². The lowest BCUT2D eigenvalue weighted by molar-refractivity contribution is 0.0984. The Morgan fingerprint density at radius 2 is 1.60 bits per heavy atom. The number of nitrogens with one attached hydrogen (secondary N) is 1. The Labute approximate surface area is 124 Å². The third-order valence-corrected chi connectivity index (χ3v) is 4.80. The highest BCUT2D eigenvalue weighted by Crippen LogP contribution is 2.31. The van der Waals surface area contributed by atoms with Crippen LogP contribution in [0.3, 0.4) is 0 Å². The number of likely N-dealkylation sites (N-methyl/N-ethyl adjacent to an activating group) is 1. The van der Waals surface area contributed by atoms with Crippen LogP contribution >= 0.6 is 0 Å². The summed E-state index contributed by atoms with van der Waals surface area (Å²) >= 11 is 0. The standard InChI is InChI=1S/C18H30N2/c1-15-10-16(2)12-17(11-15)13-19-14-18(20(3)4)8-6-5-7-9-18/h10-12,19H,5-9,13-14H2,1-4H3. The normalized spacial score (nSPS) is 18.4. The second kappa shape index (κ2) is 6.73. The molecule has 0 atom stereocenters. The van der Waals surface area contributed by atoms with E-state index in [1.54, 1.807) is 0 Å². The molecule has 0 bridgehead atoms. The summed E-state index contributed by atoms with van der Waals surface area (Å²) in [6.45, 7) is 6.45. The molecule has 0 heterocycles. The van der Waals surface area contributed by atoms with Crippen LogP contribution < -0.4 is 5.32 Å². The fraction of sp³-hybridized carbons (Fsp3) is 0.667. The Hall–Kier alpha value is -0.860. The zero-order valence-corrected chi connectivity index (χ0v) is 13.6. The van der Waals surface area contributed by atoms with Gasteiger partial charge in [-0.15, -0.1) is 0 Å². The first kappa shape index (κ1) is 15.5. The minimum absolute atomic E-state index is 0.372. The van der Waals surface area contributed by atoms with Crippen molar-refractivity contribution in [3.05, 3.63) is 34.9 Å². The molecule has 1 aliphatic rings. The second-order valence-corrected chi connectivity index (χ2v) is 6.78. The molecule has 112 valence electrons. The summed E-state index contributed by atoms with van der Waals surface area (Å²) in [5.41, 5.74) is 4.51. The van der Waals surface area contributed by atoms with Crippen LogP contribution in [0.1, 0.15) is 48.8 Å². The molecule has 1 saturated carbocycles. The van der Waals surface area contributed by atoms with Gasteiger partial charge in [-0.3, -0.25) is 0 Å². The molecule has 0 spiro atoms. The molecule has 1 fully saturated rings. The molecule has 1 aliphatic carbocycles. The average molecular weight is 274 g/mol. The molecule has 0 aromatic heterocycles. The van der Waals surface area contributed by atoms with Gasteiger partial charge in [-0.25, -0.2) is 0 Å². The summed E-state index contributed by atoms with van der Waals surface area (Å²) in [6.07, 6.45) is 6.83. The van der Waals surface area contributed by atoms with Gasteiger partial charge in [0.2, 0.25) is 0 Å². The van der Waals surface area contributed by atoms with Gasteiger partial charge in [0, 0.05) is 18.6 Å². The van der Waals surface area contributed by atoms with E-state index in [2.05, 4.69) is 56.4 Å². The van der Waals surface area contributed by atoms with Crippen molar-refractivity contribution in [3.63, 3.8) is 0 Å². The third kappa shape index (κ3) is 3.83. The van der Waals surface area contributed by atoms with Gasteiger partial charge in [0.05, 0.1) is 0 Å². The van der Waals surface area contributed by atoms with Gasteiger partial charge in [0.1, 0.15) is 0 Å². The lowest BCUT2D eigenvalue weighted by atomic mass is 9.80. The third-order valence-electron chi connectivity index (χ3n) is 4.80. The van der Waals surface area contributed by atoms with Crippen LogP contribution in [0.2, 0.25) is 0 Å². The first-order valence-corrected chi connectivity index (χ1v) is 7.97. The maximum Gasteiger partial charge on any atom is 0.0328 e. The van der Waals surface area contributed by atoms with E-state index in [0.29, 0.717) is 5.54 Å². The average Bonchev–Trinajstić information content (AvgIpc) is 2.38. The smallest absolute Gasteiger partial charge is 0.0328 e. The van der Waals surface area contributed by atoms with E-state index in [4.69, 9.17) is 0 Å². The molecule has 2 nitrogen and oxygen atoms in total. The summed E-state index contributed by atoms with van der Waals surface area (Å²) in [6, 6.07) is 6.83. The molecule has 1 aromatic carbocycles. The predicted molar refractivity (Wildman–Crippen MR) is 87.1 cm³/mol. The highest BCUT2D eigenvalue weighted by Gasteiger charge is 2.33. The number of benzene rings is 1. The van der Waals surface area contributed by atoms with Crippen molar-refractivity contribution in [1.82, 2.24) is 10.2 Å². The van der Waals surface area contributed by atoms with Crippen molar-refractivity contribution in [1.29, 1.82) is 0 Å². The predicted octanol–water partition coefficient (Wildman–Crippen LogP) is 3.66. The van der Waals surface area contributed by atoms with Crippen LogP contribution in [0, 0.1) is 13.8 Å². The van der Waals surface area contributed by atoms with E-state index in [9.17, 15) is 0 Å². The molecular formula is C18H30N2. The van der Waals surface area contributed by atoms with Gasteiger partial charge in [-0.2, -0.15) is 0 Å². The molecule has 0 aliphatic heterocycles. The maximum absolute atomic E-state index is 3.71. The SMILES string of the molecule is Cc1cc(C)cc(CNCC2(N(C)C)CCCCC2)c1. The van der Waals surface area contributed by atoms with Gasteiger partial charge >= 0.3 is 0 Å². The van der Waals surface area contributed by atoms with Crippen LogP contribution in [0.15, 0.2) is 18.2 Å². The lowest BCUT2D eigenvalue weighted by Crippen LogP contribution is -2.52. The number of nitrogens with zero attached hydrogens (tertiary/aromatic N) is 1. The molecule has 2 heteroatoms. The zero-order valence-electron chi connectivity index (χ0n) is 13.6. The van der Waals surface area contributed by atoms with Crippen LogP contribution in [0.4, 0.5) is 0 Å². The zero-order chi connectivity index (χ0) is 14.6. The molecule has 0 radical (unpaired) electrons. The molecule has 1 N–H and O–H groups in total. The summed E-state index contributed by atoms with van der Waals surface area (Å²) in [7, 11) is 4.48. The van der Waals surface area contributed by atoms with Crippen LogP contribution in [-0.4, -0.2) is 31.1 Å². The monoisotopic (exact) mass is 274 g/mol. The minimum Gasteiger partial charge on any atom is -0.311 e. The van der Waals surface area contributed by atoms with Crippen molar-refractivity contribution >= 4 is 0 Å². The molecule has 0 amide bonds. The molecule has 0 saturated heterocycles. The number of hydrogen-bond donors (Lipinski definition) is 1. The maximum atomic E-state index is 3.71. The Morgan fingerprint density at radius 1 is 1.00 bits per heavy atom. The van der Waals surface area contributed by atoms with E-state index >= 15 is 0 Å². The fourth-order valence-electron chi connectivity index (χ4n) is 3.60. The number of aryl methyl sites for hydroxylation is 2. The van der Waals surface area contributed by atoms with Gasteiger partial charge < -0.3 is 10.2 Å². The van der Waals surface area contributed by atoms with Crippen molar-refractivity contribution < 1.29 is 0 Å². The largest absolute Gasteiger partial charge is 0.311 e. The summed E-state index contributed by atoms with van der Waals surface area (Å²) in [5, 5.41) is 3.71. The lowest BCUT2D eigenvalue weighted by Gasteiger charge is -2.43. The first-order valence-electron chi connectivity index (χ1n) is 7.97. The van der Waals surface area contributed by atoms with Crippen LogP contribution in [-0.2, 0) is 6.54 Å². The highest BCUT2D eigenvalue weighted by molar-refractivity contribution is 5.28. The topological polar surface area (TPSA) is 15.3 Å². The summed E-state index contributed by atoms with van der Waals surface area (Å²) in [5.74, 6) is 0. The Bertz CT molecular complexity index is 411. The van der Waals surface area contributed by atoms with Crippen LogP contribution in [0.5, 0.6) is 0 Å². The van der Waals surface area contributed by atoms with Gasteiger partial charge in [0.15, 0.2) is 0 Å². The summed E-state index contributed by atoms with van der Waals surface area (Å²) < 4.78 is 0. The quantitative estimate of drug-likeness (QED) is 0.881. The van der Waals surface area contributed by atoms with Gasteiger partial charge in [0.25, 0.3) is 0 Å². The van der Waals surface area contributed by atoms with Crippen molar-refractivity contribution in [2.75, 3.05) is 20.6 Å².